The van der Waals surface area contributed by atoms with Crippen molar-refractivity contribution in [2.24, 2.45) is 12.8 Å². The highest BCUT2D eigenvalue weighted by atomic mass is 79.9. The predicted octanol–water partition coefficient (Wildman–Crippen LogP) is 2.56. The number of nitrogens with two attached hydrogens (primary N) is 1. The van der Waals surface area contributed by atoms with Crippen molar-refractivity contribution in [3.63, 3.8) is 0 Å². The van der Waals surface area contributed by atoms with E-state index in [9.17, 15) is 0 Å². The van der Waals surface area contributed by atoms with Gasteiger partial charge in [-0.05, 0) is 34.1 Å². The number of benzene rings is 1. The fourth-order valence-electron chi connectivity index (χ4n) is 1.45. The minimum Gasteiger partial charge on any atom is -0.389 e. The SMILES string of the molecule is Cn1cc(Nc2ccc(C(N)=S)c(Br)c2)cn1. The van der Waals surface area contributed by atoms with Gasteiger partial charge in [-0.3, -0.25) is 4.68 Å². The maximum atomic E-state index is 5.59. The van der Waals surface area contributed by atoms with Crippen LogP contribution in [-0.4, -0.2) is 14.8 Å². The molecule has 6 heteroatoms. The molecule has 2 aromatic rings. The van der Waals surface area contributed by atoms with E-state index in [2.05, 4.69) is 26.3 Å². The third-order valence-corrected chi connectivity index (χ3v) is 3.10. The molecule has 1 aromatic heterocycles. The van der Waals surface area contributed by atoms with E-state index in [1.165, 1.54) is 0 Å². The van der Waals surface area contributed by atoms with Crippen LogP contribution in [0.5, 0.6) is 0 Å². The second-order valence-electron chi connectivity index (χ2n) is 3.59. The van der Waals surface area contributed by atoms with Gasteiger partial charge in [-0.1, -0.05) is 12.2 Å². The molecule has 1 aromatic carbocycles. The lowest BCUT2D eigenvalue weighted by Gasteiger charge is -2.07. The van der Waals surface area contributed by atoms with Crippen LogP contribution in [0.15, 0.2) is 35.1 Å². The van der Waals surface area contributed by atoms with Gasteiger partial charge in [0.05, 0.1) is 11.9 Å². The average Bonchev–Trinajstić information content (AvgIpc) is 2.63. The molecule has 4 nitrogen and oxygen atoms in total. The zero-order valence-corrected chi connectivity index (χ0v) is 11.5. The van der Waals surface area contributed by atoms with Gasteiger partial charge < -0.3 is 11.1 Å². The van der Waals surface area contributed by atoms with Crippen LogP contribution in [0.4, 0.5) is 11.4 Å². The molecule has 0 unspecified atom stereocenters. The molecule has 0 atom stereocenters. The highest BCUT2D eigenvalue weighted by Crippen LogP contribution is 2.23. The Bertz CT molecular complexity index is 564. The number of halogens is 1. The lowest BCUT2D eigenvalue weighted by molar-refractivity contribution is 0.768. The topological polar surface area (TPSA) is 55.9 Å². The van der Waals surface area contributed by atoms with Crippen molar-refractivity contribution < 1.29 is 0 Å². The van der Waals surface area contributed by atoms with Gasteiger partial charge >= 0.3 is 0 Å². The zero-order valence-electron chi connectivity index (χ0n) is 9.14. The first kappa shape index (κ1) is 12.1. The van der Waals surface area contributed by atoms with E-state index in [0.29, 0.717) is 4.99 Å². The van der Waals surface area contributed by atoms with Gasteiger partial charge in [0.15, 0.2) is 0 Å². The molecule has 0 spiro atoms. The number of anilines is 2. The molecule has 0 fully saturated rings. The molecule has 0 saturated carbocycles. The molecule has 0 aliphatic carbocycles. The standard InChI is InChI=1S/C11H11BrN4S/c1-16-6-8(5-14-16)15-7-2-3-9(11(13)17)10(12)4-7/h2-6,15H,1H3,(H2,13,17). The van der Waals surface area contributed by atoms with Crippen molar-refractivity contribution in [2.75, 3.05) is 5.32 Å². The first-order valence-electron chi connectivity index (χ1n) is 4.91. The Kier molecular flexibility index (Phi) is 3.44. The van der Waals surface area contributed by atoms with Gasteiger partial charge in [0.25, 0.3) is 0 Å². The zero-order chi connectivity index (χ0) is 12.4. The number of aryl methyl sites for hydroxylation is 1. The van der Waals surface area contributed by atoms with E-state index in [-0.39, 0.29) is 0 Å². The van der Waals surface area contributed by atoms with Crippen LogP contribution in [0.3, 0.4) is 0 Å². The Labute approximate surface area is 113 Å². The number of nitrogens with one attached hydrogen (secondary N) is 1. The van der Waals surface area contributed by atoms with Gasteiger partial charge in [-0.15, -0.1) is 0 Å². The summed E-state index contributed by atoms with van der Waals surface area (Å²) >= 11 is 8.38. The lowest BCUT2D eigenvalue weighted by Crippen LogP contribution is -2.10. The Morgan fingerprint density at radius 2 is 2.24 bits per heavy atom. The van der Waals surface area contributed by atoms with E-state index in [4.69, 9.17) is 18.0 Å². The van der Waals surface area contributed by atoms with Crippen molar-refractivity contribution in [1.29, 1.82) is 0 Å². The van der Waals surface area contributed by atoms with Crippen LogP contribution >= 0.6 is 28.1 Å². The molecule has 17 heavy (non-hydrogen) atoms. The summed E-state index contributed by atoms with van der Waals surface area (Å²) < 4.78 is 2.61. The van der Waals surface area contributed by atoms with E-state index >= 15 is 0 Å². The molecule has 0 amide bonds. The molecule has 1 heterocycles. The van der Waals surface area contributed by atoms with Gasteiger partial charge in [0, 0.05) is 29.0 Å². The van der Waals surface area contributed by atoms with Crippen LogP contribution in [0.2, 0.25) is 0 Å². The summed E-state index contributed by atoms with van der Waals surface area (Å²) in [7, 11) is 1.87. The summed E-state index contributed by atoms with van der Waals surface area (Å²) in [6, 6.07) is 5.73. The highest BCUT2D eigenvalue weighted by Gasteiger charge is 2.04. The van der Waals surface area contributed by atoms with Crippen molar-refractivity contribution in [2.45, 2.75) is 0 Å². The van der Waals surface area contributed by atoms with Crippen molar-refractivity contribution in [1.82, 2.24) is 9.78 Å². The number of nitrogens with zero attached hydrogens (tertiary/aromatic N) is 2. The number of hydrogen-bond donors (Lipinski definition) is 2. The molecule has 0 bridgehead atoms. The molecule has 2 rings (SSSR count). The predicted molar refractivity (Wildman–Crippen MR) is 76.5 cm³/mol. The van der Waals surface area contributed by atoms with E-state index in [1.807, 2.05) is 31.4 Å². The second-order valence-corrected chi connectivity index (χ2v) is 4.88. The molecule has 88 valence electrons. The molecular formula is C11H11BrN4S. The largest absolute Gasteiger partial charge is 0.389 e. The molecule has 0 aliphatic rings. The number of hydrogen-bond acceptors (Lipinski definition) is 3. The van der Waals surface area contributed by atoms with Crippen molar-refractivity contribution >= 4 is 44.5 Å². The second kappa shape index (κ2) is 4.85. The van der Waals surface area contributed by atoms with Crippen LogP contribution in [-0.2, 0) is 7.05 Å². The third kappa shape index (κ3) is 2.83. The number of thiocarbonyl (C=S) groups is 1. The Morgan fingerprint density at radius 3 is 2.76 bits per heavy atom. The van der Waals surface area contributed by atoms with Crippen LogP contribution < -0.4 is 11.1 Å². The Morgan fingerprint density at radius 1 is 1.47 bits per heavy atom. The van der Waals surface area contributed by atoms with Gasteiger partial charge in [0.2, 0.25) is 0 Å². The Balaban J connectivity index is 2.23. The quantitative estimate of drug-likeness (QED) is 0.856. The van der Waals surface area contributed by atoms with Gasteiger partial charge in [0.1, 0.15) is 4.99 Å². The van der Waals surface area contributed by atoms with Crippen LogP contribution in [0.1, 0.15) is 5.56 Å². The Hall–Kier alpha value is -1.40. The number of rotatable bonds is 3. The minimum absolute atomic E-state index is 0.379. The monoisotopic (exact) mass is 310 g/mol. The fourth-order valence-corrected chi connectivity index (χ4v) is 2.35. The summed E-state index contributed by atoms with van der Waals surface area (Å²) in [5.41, 5.74) is 8.30. The first-order chi connectivity index (χ1) is 8.06. The van der Waals surface area contributed by atoms with Crippen molar-refractivity contribution in [3.05, 3.63) is 40.6 Å². The summed E-state index contributed by atoms with van der Waals surface area (Å²) in [6.45, 7) is 0. The summed E-state index contributed by atoms with van der Waals surface area (Å²) in [5.74, 6) is 0. The third-order valence-electron chi connectivity index (χ3n) is 2.23. The molecular weight excluding hydrogens is 300 g/mol. The molecule has 0 radical (unpaired) electrons. The number of aromatic nitrogens is 2. The molecule has 0 saturated heterocycles. The van der Waals surface area contributed by atoms with Crippen LogP contribution in [0.25, 0.3) is 0 Å². The van der Waals surface area contributed by atoms with E-state index < -0.39 is 0 Å². The van der Waals surface area contributed by atoms with Crippen LogP contribution in [0, 0.1) is 0 Å². The first-order valence-corrected chi connectivity index (χ1v) is 6.11. The summed E-state index contributed by atoms with van der Waals surface area (Å²) in [6.07, 6.45) is 3.66. The summed E-state index contributed by atoms with van der Waals surface area (Å²) in [4.78, 5) is 0.379. The fraction of sp³-hybridized carbons (Fsp3) is 0.0909. The normalized spacial score (nSPS) is 10.2. The average molecular weight is 311 g/mol. The lowest BCUT2D eigenvalue weighted by atomic mass is 10.2. The van der Waals surface area contributed by atoms with E-state index in [1.54, 1.807) is 10.9 Å². The van der Waals surface area contributed by atoms with Gasteiger partial charge in [-0.25, -0.2) is 0 Å². The maximum Gasteiger partial charge on any atom is 0.105 e. The molecule has 3 N–H and O–H groups in total. The highest BCUT2D eigenvalue weighted by molar-refractivity contribution is 9.10. The van der Waals surface area contributed by atoms with E-state index in [0.717, 1.165) is 21.4 Å². The summed E-state index contributed by atoms with van der Waals surface area (Å²) in [5, 5.41) is 7.32. The van der Waals surface area contributed by atoms with Gasteiger partial charge in [-0.2, -0.15) is 5.10 Å². The van der Waals surface area contributed by atoms with Crippen molar-refractivity contribution in [3.8, 4) is 0 Å². The molecule has 0 aliphatic heterocycles. The smallest absolute Gasteiger partial charge is 0.105 e. The minimum atomic E-state index is 0.379. The maximum absolute atomic E-state index is 5.59.